The van der Waals surface area contributed by atoms with E-state index in [1.54, 1.807) is 44.4 Å². The van der Waals surface area contributed by atoms with Gasteiger partial charge < -0.3 is 15.5 Å². The van der Waals surface area contributed by atoms with Crippen LogP contribution in [0.2, 0.25) is 0 Å². The van der Waals surface area contributed by atoms with Gasteiger partial charge in [-0.2, -0.15) is 0 Å². The molecule has 6 heteroatoms. The first-order valence-corrected chi connectivity index (χ1v) is 8.50. The molecule has 2 rings (SSSR count). The molecule has 2 aromatic carbocycles. The summed E-state index contributed by atoms with van der Waals surface area (Å²) in [5.41, 5.74) is 2.38. The van der Waals surface area contributed by atoms with Gasteiger partial charge in [-0.3, -0.25) is 14.4 Å². The van der Waals surface area contributed by atoms with E-state index in [9.17, 15) is 14.4 Å². The first-order chi connectivity index (χ1) is 12.8. The van der Waals surface area contributed by atoms with Crippen LogP contribution in [0.1, 0.15) is 18.1 Å². The summed E-state index contributed by atoms with van der Waals surface area (Å²) in [6.07, 6.45) is 1.91. The van der Waals surface area contributed by atoms with Gasteiger partial charge in [-0.05, 0) is 29.3 Å². The summed E-state index contributed by atoms with van der Waals surface area (Å²) < 4.78 is 0. The molecule has 0 fully saturated rings. The van der Waals surface area contributed by atoms with Gasteiger partial charge in [0.25, 0.3) is 5.91 Å². The monoisotopic (exact) mass is 365 g/mol. The third-order valence-electron chi connectivity index (χ3n) is 3.73. The molecule has 0 atom stereocenters. The Kier molecular flexibility index (Phi) is 6.88. The van der Waals surface area contributed by atoms with E-state index in [4.69, 9.17) is 0 Å². The maximum absolute atomic E-state index is 12.5. The molecule has 0 spiro atoms. The molecular weight excluding hydrogens is 342 g/mol. The van der Waals surface area contributed by atoms with Crippen LogP contribution in [0.3, 0.4) is 0 Å². The summed E-state index contributed by atoms with van der Waals surface area (Å²) in [6, 6.07) is 16.3. The minimum atomic E-state index is -0.425. The number of benzene rings is 2. The van der Waals surface area contributed by atoms with Gasteiger partial charge in [0.1, 0.15) is 5.70 Å². The Morgan fingerprint density at radius 1 is 0.963 bits per heavy atom. The van der Waals surface area contributed by atoms with E-state index in [1.807, 2.05) is 30.3 Å². The lowest BCUT2D eigenvalue weighted by Crippen LogP contribution is -2.29. The summed E-state index contributed by atoms with van der Waals surface area (Å²) >= 11 is 0. The molecule has 0 bridgehead atoms. The Balaban J connectivity index is 2.11. The van der Waals surface area contributed by atoms with Crippen molar-refractivity contribution < 1.29 is 14.4 Å². The van der Waals surface area contributed by atoms with Crippen LogP contribution in [0.15, 0.2) is 60.3 Å². The van der Waals surface area contributed by atoms with Crippen LogP contribution >= 0.6 is 0 Å². The molecule has 140 valence electrons. The van der Waals surface area contributed by atoms with Gasteiger partial charge in [0.15, 0.2) is 0 Å². The van der Waals surface area contributed by atoms with Crippen LogP contribution in [0.25, 0.3) is 6.08 Å². The van der Waals surface area contributed by atoms with Crippen molar-refractivity contribution in [2.24, 2.45) is 0 Å². The molecule has 6 nitrogen and oxygen atoms in total. The predicted molar refractivity (Wildman–Crippen MR) is 106 cm³/mol. The quantitative estimate of drug-likeness (QED) is 0.772. The minimum absolute atomic E-state index is 0.00512. The van der Waals surface area contributed by atoms with Crippen LogP contribution in [0.5, 0.6) is 0 Å². The zero-order chi connectivity index (χ0) is 19.8. The van der Waals surface area contributed by atoms with E-state index in [1.165, 1.54) is 11.8 Å². The van der Waals surface area contributed by atoms with E-state index in [2.05, 4.69) is 10.6 Å². The number of carbonyl (C=O) groups excluding carboxylic acids is 3. The topological polar surface area (TPSA) is 78.5 Å². The van der Waals surface area contributed by atoms with Crippen molar-refractivity contribution in [3.63, 3.8) is 0 Å². The number of hydrogen-bond donors (Lipinski definition) is 2. The standard InChI is InChI=1S/C21H23N3O3/c1-15(25)22-19(13-16-7-5-4-6-8-16)21(27)23-18-11-9-17(10-12-18)14-20(26)24(2)3/h4-13H,14H2,1-3H3,(H,22,25)(H,23,27)/b19-13-. The molecule has 0 radical (unpaired) electrons. The molecule has 2 aromatic rings. The molecule has 3 amide bonds. The molecule has 0 aliphatic carbocycles. The lowest BCUT2D eigenvalue weighted by molar-refractivity contribution is -0.128. The molecule has 0 aliphatic rings. The van der Waals surface area contributed by atoms with Gasteiger partial charge in [-0.1, -0.05) is 42.5 Å². The molecule has 0 saturated heterocycles. The number of anilines is 1. The SMILES string of the molecule is CC(=O)N/C(=C\c1ccccc1)C(=O)Nc1ccc(CC(=O)N(C)C)cc1. The Bertz CT molecular complexity index is 841. The first kappa shape index (κ1) is 19.9. The number of nitrogens with one attached hydrogen (secondary N) is 2. The average Bonchev–Trinajstić information content (AvgIpc) is 2.63. The van der Waals surface area contributed by atoms with Crippen LogP contribution in [0.4, 0.5) is 5.69 Å². The minimum Gasteiger partial charge on any atom is -0.349 e. The van der Waals surface area contributed by atoms with Crippen LogP contribution in [0, 0.1) is 0 Å². The lowest BCUT2D eigenvalue weighted by Gasteiger charge is -2.12. The summed E-state index contributed by atoms with van der Waals surface area (Å²) in [7, 11) is 3.42. The molecule has 0 aromatic heterocycles. The van der Waals surface area contributed by atoms with E-state index in [0.29, 0.717) is 12.1 Å². The molecule has 27 heavy (non-hydrogen) atoms. The number of nitrogens with zero attached hydrogens (tertiary/aromatic N) is 1. The highest BCUT2D eigenvalue weighted by Gasteiger charge is 2.12. The largest absolute Gasteiger partial charge is 0.349 e. The first-order valence-electron chi connectivity index (χ1n) is 8.50. The second kappa shape index (κ2) is 9.33. The summed E-state index contributed by atoms with van der Waals surface area (Å²) in [5.74, 6) is -0.749. The van der Waals surface area contributed by atoms with Crippen LogP contribution < -0.4 is 10.6 Å². The Labute approximate surface area is 158 Å². The molecule has 0 aliphatic heterocycles. The van der Waals surface area contributed by atoms with E-state index in [0.717, 1.165) is 11.1 Å². The highest BCUT2D eigenvalue weighted by molar-refractivity contribution is 6.08. The zero-order valence-electron chi connectivity index (χ0n) is 15.7. The lowest BCUT2D eigenvalue weighted by atomic mass is 10.1. The van der Waals surface area contributed by atoms with Crippen molar-refractivity contribution in [2.45, 2.75) is 13.3 Å². The fourth-order valence-electron chi connectivity index (χ4n) is 2.30. The fourth-order valence-corrected chi connectivity index (χ4v) is 2.30. The normalized spacial score (nSPS) is 10.9. The summed E-state index contributed by atoms with van der Waals surface area (Å²) in [5, 5.41) is 5.31. The smallest absolute Gasteiger partial charge is 0.272 e. The van der Waals surface area contributed by atoms with Gasteiger partial charge in [0.2, 0.25) is 11.8 Å². The number of likely N-dealkylation sites (N-methyl/N-ethyl adjacent to an activating group) is 1. The van der Waals surface area contributed by atoms with E-state index in [-0.39, 0.29) is 17.5 Å². The molecule has 0 unspecified atom stereocenters. The molecule has 2 N–H and O–H groups in total. The number of amides is 3. The van der Waals surface area contributed by atoms with Gasteiger partial charge in [0, 0.05) is 26.7 Å². The molecular formula is C21H23N3O3. The van der Waals surface area contributed by atoms with Crippen LogP contribution in [-0.4, -0.2) is 36.7 Å². The molecule has 0 heterocycles. The van der Waals surface area contributed by atoms with Gasteiger partial charge in [0.05, 0.1) is 6.42 Å². The number of rotatable bonds is 6. The van der Waals surface area contributed by atoms with Gasteiger partial charge in [-0.25, -0.2) is 0 Å². The number of carbonyl (C=O) groups is 3. The van der Waals surface area contributed by atoms with Crippen molar-refractivity contribution in [3.8, 4) is 0 Å². The summed E-state index contributed by atoms with van der Waals surface area (Å²) in [6.45, 7) is 1.35. The summed E-state index contributed by atoms with van der Waals surface area (Å²) in [4.78, 5) is 37.3. The second-order valence-corrected chi connectivity index (χ2v) is 6.27. The number of hydrogen-bond acceptors (Lipinski definition) is 3. The van der Waals surface area contributed by atoms with Crippen molar-refractivity contribution in [3.05, 3.63) is 71.4 Å². The maximum Gasteiger partial charge on any atom is 0.272 e. The highest BCUT2D eigenvalue weighted by atomic mass is 16.2. The van der Waals surface area contributed by atoms with Crippen molar-refractivity contribution in [1.82, 2.24) is 10.2 Å². The van der Waals surface area contributed by atoms with E-state index >= 15 is 0 Å². The third-order valence-corrected chi connectivity index (χ3v) is 3.73. The predicted octanol–water partition coefficient (Wildman–Crippen LogP) is 2.43. The average molecular weight is 365 g/mol. The van der Waals surface area contributed by atoms with Crippen molar-refractivity contribution in [2.75, 3.05) is 19.4 Å². The van der Waals surface area contributed by atoms with E-state index < -0.39 is 5.91 Å². The fraction of sp³-hybridized carbons (Fsp3) is 0.190. The van der Waals surface area contributed by atoms with Gasteiger partial charge in [-0.15, -0.1) is 0 Å². The maximum atomic E-state index is 12.5. The van der Waals surface area contributed by atoms with Crippen molar-refractivity contribution in [1.29, 1.82) is 0 Å². The van der Waals surface area contributed by atoms with Crippen molar-refractivity contribution >= 4 is 29.5 Å². The highest BCUT2D eigenvalue weighted by Crippen LogP contribution is 2.13. The second-order valence-electron chi connectivity index (χ2n) is 6.27. The third kappa shape index (κ3) is 6.43. The Morgan fingerprint density at radius 2 is 1.59 bits per heavy atom. The zero-order valence-corrected chi connectivity index (χ0v) is 15.7. The van der Waals surface area contributed by atoms with Crippen LogP contribution in [-0.2, 0) is 20.8 Å². The molecule has 0 saturated carbocycles. The van der Waals surface area contributed by atoms with Gasteiger partial charge >= 0.3 is 0 Å². The Morgan fingerprint density at radius 3 is 2.15 bits per heavy atom. The Hall–Kier alpha value is -3.41.